The highest BCUT2D eigenvalue weighted by atomic mass is 31.2. The summed E-state index contributed by atoms with van der Waals surface area (Å²) in [6.45, 7) is -2.08. The van der Waals surface area contributed by atoms with Gasteiger partial charge in [0.1, 0.15) is 18.3 Å². The molecular weight excluding hydrogens is 247 g/mol. The minimum Gasteiger partial charge on any atom is -0.790 e. The fraction of sp³-hybridized carbons (Fsp3) is 0.833. The van der Waals surface area contributed by atoms with Crippen LogP contribution in [0.4, 0.5) is 0 Å². The van der Waals surface area contributed by atoms with Gasteiger partial charge in [0, 0.05) is 0 Å². The number of hydrogen-bond donors (Lipinski definition) is 4. The van der Waals surface area contributed by atoms with E-state index in [4.69, 9.17) is 20.4 Å². The highest BCUT2D eigenvalue weighted by Crippen LogP contribution is 2.24. The number of hydrogen-bond acceptors (Lipinski definition) is 9. The molecule has 0 aliphatic carbocycles. The smallest absolute Gasteiger partial charge is 0.194 e. The molecule has 10 heteroatoms. The molecule has 16 heavy (non-hydrogen) atoms. The van der Waals surface area contributed by atoms with Crippen LogP contribution in [0.15, 0.2) is 0 Å². The van der Waals surface area contributed by atoms with E-state index in [-0.39, 0.29) is 0 Å². The maximum Gasteiger partial charge on any atom is 0.194 e. The Hall–Kier alpha value is -0.380. The van der Waals surface area contributed by atoms with Crippen molar-refractivity contribution in [3.8, 4) is 0 Å². The number of phosphoric ester groups is 1. The SMILES string of the molecule is O=C([C@H](O)CO)[C@H](O)[C@H](O)COP(=O)([O-])[O-]. The number of rotatable bonds is 7. The second-order valence-electron chi connectivity index (χ2n) is 2.86. The molecule has 0 aromatic rings. The van der Waals surface area contributed by atoms with Gasteiger partial charge in [0.15, 0.2) is 5.78 Å². The van der Waals surface area contributed by atoms with Gasteiger partial charge in [-0.05, 0) is 0 Å². The van der Waals surface area contributed by atoms with Gasteiger partial charge in [0.25, 0.3) is 0 Å². The van der Waals surface area contributed by atoms with Crippen LogP contribution in [-0.4, -0.2) is 57.7 Å². The summed E-state index contributed by atoms with van der Waals surface area (Å²) in [5.41, 5.74) is 0. The Balaban J connectivity index is 4.23. The summed E-state index contributed by atoms with van der Waals surface area (Å²) >= 11 is 0. The lowest BCUT2D eigenvalue weighted by molar-refractivity contribution is -0.343. The van der Waals surface area contributed by atoms with Crippen LogP contribution in [0.5, 0.6) is 0 Å². The molecule has 96 valence electrons. The first-order chi connectivity index (χ1) is 7.19. The molecule has 0 aromatic carbocycles. The molecule has 0 saturated heterocycles. The van der Waals surface area contributed by atoms with Crippen molar-refractivity contribution in [3.05, 3.63) is 0 Å². The van der Waals surface area contributed by atoms with E-state index < -0.39 is 45.1 Å². The summed E-state index contributed by atoms with van der Waals surface area (Å²) in [4.78, 5) is 30.9. The molecule has 0 unspecified atom stereocenters. The van der Waals surface area contributed by atoms with Crippen LogP contribution in [-0.2, 0) is 13.9 Å². The Morgan fingerprint density at radius 3 is 2.19 bits per heavy atom. The third-order valence-electron chi connectivity index (χ3n) is 1.56. The summed E-state index contributed by atoms with van der Waals surface area (Å²) in [5, 5.41) is 35.2. The third kappa shape index (κ3) is 5.64. The predicted octanol–water partition coefficient (Wildman–Crippen LogP) is -4.52. The number of aliphatic hydroxyl groups excluding tert-OH is 4. The van der Waals surface area contributed by atoms with E-state index in [0.717, 1.165) is 0 Å². The highest BCUT2D eigenvalue weighted by Gasteiger charge is 2.29. The summed E-state index contributed by atoms with van der Waals surface area (Å²) in [5.74, 6) is -1.31. The van der Waals surface area contributed by atoms with E-state index in [1.54, 1.807) is 0 Å². The first-order valence-electron chi connectivity index (χ1n) is 4.04. The monoisotopic (exact) mass is 258 g/mol. The standard InChI is InChI=1S/C6H13O9P/c7-1-3(8)5(10)6(11)4(9)2-15-16(12,13)14/h3-4,6-9,11H,1-2H2,(H2,12,13,14)/p-2/t3-,4-,6-/m1/s1. The average molecular weight is 258 g/mol. The topological polar surface area (TPSA) is 170 Å². The summed E-state index contributed by atoms with van der Waals surface area (Å²) in [6.07, 6.45) is -6.06. The highest BCUT2D eigenvalue weighted by molar-refractivity contribution is 7.43. The van der Waals surface area contributed by atoms with Crippen LogP contribution in [0.2, 0.25) is 0 Å². The molecule has 0 aliphatic heterocycles. The van der Waals surface area contributed by atoms with Crippen molar-refractivity contribution in [1.82, 2.24) is 0 Å². The molecule has 0 saturated carbocycles. The van der Waals surface area contributed by atoms with Gasteiger partial charge >= 0.3 is 0 Å². The van der Waals surface area contributed by atoms with Crippen LogP contribution in [0, 0.1) is 0 Å². The second kappa shape index (κ2) is 6.38. The first-order valence-corrected chi connectivity index (χ1v) is 5.50. The quantitative estimate of drug-likeness (QED) is 0.328. The van der Waals surface area contributed by atoms with Crippen LogP contribution < -0.4 is 9.79 Å². The Bertz CT molecular complexity index is 273. The number of carbonyl (C=O) groups excluding carboxylic acids is 1. The van der Waals surface area contributed by atoms with Crippen LogP contribution >= 0.6 is 7.82 Å². The lowest BCUT2D eigenvalue weighted by atomic mass is 10.1. The molecule has 0 fully saturated rings. The molecule has 0 heterocycles. The van der Waals surface area contributed by atoms with E-state index in [2.05, 4.69) is 4.52 Å². The Morgan fingerprint density at radius 2 is 1.81 bits per heavy atom. The maximum absolute atomic E-state index is 10.9. The van der Waals surface area contributed by atoms with Crippen molar-refractivity contribution in [2.75, 3.05) is 13.2 Å². The molecule has 0 radical (unpaired) electrons. The number of ketones is 1. The Labute approximate surface area is 90.2 Å². The van der Waals surface area contributed by atoms with E-state index in [1.165, 1.54) is 0 Å². The molecule has 9 nitrogen and oxygen atoms in total. The number of aliphatic hydroxyl groups is 4. The van der Waals surface area contributed by atoms with Crippen molar-refractivity contribution in [3.63, 3.8) is 0 Å². The molecule has 0 bridgehead atoms. The van der Waals surface area contributed by atoms with Gasteiger partial charge in [-0.3, -0.25) is 4.79 Å². The van der Waals surface area contributed by atoms with Gasteiger partial charge in [-0.2, -0.15) is 0 Å². The van der Waals surface area contributed by atoms with E-state index in [0.29, 0.717) is 0 Å². The molecule has 0 amide bonds. The van der Waals surface area contributed by atoms with Crippen LogP contribution in [0.25, 0.3) is 0 Å². The zero-order valence-corrected chi connectivity index (χ0v) is 8.82. The minimum absolute atomic E-state index is 0.967. The number of carbonyl (C=O) groups is 1. The zero-order chi connectivity index (χ0) is 12.9. The largest absolute Gasteiger partial charge is 0.790 e. The maximum atomic E-state index is 10.9. The normalized spacial score (nSPS) is 17.9. The summed E-state index contributed by atoms with van der Waals surface area (Å²) in [7, 11) is -5.31. The number of phosphoric acid groups is 1. The molecule has 0 aliphatic rings. The van der Waals surface area contributed by atoms with Gasteiger partial charge < -0.3 is 39.3 Å². The van der Waals surface area contributed by atoms with Crippen LogP contribution in [0.3, 0.4) is 0 Å². The Kier molecular flexibility index (Phi) is 6.23. The zero-order valence-electron chi connectivity index (χ0n) is 7.92. The lowest BCUT2D eigenvalue weighted by Gasteiger charge is -2.30. The lowest BCUT2D eigenvalue weighted by Crippen LogP contribution is -2.44. The van der Waals surface area contributed by atoms with E-state index in [1.807, 2.05) is 0 Å². The van der Waals surface area contributed by atoms with Gasteiger partial charge in [-0.15, -0.1) is 0 Å². The molecule has 4 N–H and O–H groups in total. The fourth-order valence-electron chi connectivity index (χ4n) is 0.736. The summed E-state index contributed by atoms with van der Waals surface area (Å²) < 4.78 is 13.6. The molecule has 0 spiro atoms. The van der Waals surface area contributed by atoms with Crippen LogP contribution in [0.1, 0.15) is 0 Å². The fourth-order valence-corrected chi connectivity index (χ4v) is 1.07. The molecule has 0 aromatic heterocycles. The minimum atomic E-state index is -5.31. The van der Waals surface area contributed by atoms with Crippen molar-refractivity contribution < 1.29 is 44.1 Å². The van der Waals surface area contributed by atoms with E-state index >= 15 is 0 Å². The number of Topliss-reactive ketones (excluding diaryl/α,β-unsaturated/α-hetero) is 1. The van der Waals surface area contributed by atoms with Gasteiger partial charge in [0.2, 0.25) is 0 Å². The molecule has 0 rings (SSSR count). The molecular formula is C6H11O9P-2. The first kappa shape index (κ1) is 15.6. The van der Waals surface area contributed by atoms with Crippen molar-refractivity contribution >= 4 is 13.6 Å². The predicted molar refractivity (Wildman–Crippen MR) is 43.7 cm³/mol. The van der Waals surface area contributed by atoms with Crippen molar-refractivity contribution in [2.24, 2.45) is 0 Å². The van der Waals surface area contributed by atoms with Crippen molar-refractivity contribution in [1.29, 1.82) is 0 Å². The Morgan fingerprint density at radius 1 is 1.31 bits per heavy atom. The summed E-state index contributed by atoms with van der Waals surface area (Å²) in [6, 6.07) is 0. The van der Waals surface area contributed by atoms with Gasteiger partial charge in [0.05, 0.1) is 21.0 Å². The third-order valence-corrected chi connectivity index (χ3v) is 2.03. The van der Waals surface area contributed by atoms with E-state index in [9.17, 15) is 19.1 Å². The van der Waals surface area contributed by atoms with Gasteiger partial charge in [-0.25, -0.2) is 0 Å². The second-order valence-corrected chi connectivity index (χ2v) is 4.01. The van der Waals surface area contributed by atoms with Gasteiger partial charge in [-0.1, -0.05) is 0 Å². The molecule has 3 atom stereocenters. The van der Waals surface area contributed by atoms with Crippen molar-refractivity contribution in [2.45, 2.75) is 18.3 Å². The average Bonchev–Trinajstić information content (AvgIpc) is 2.21.